The number of anilines is 2. The van der Waals surface area contributed by atoms with Crippen LogP contribution >= 0.6 is 0 Å². The molecular formula is C93H94N10O20S2. The Morgan fingerprint density at radius 3 is 1.39 bits per heavy atom. The van der Waals surface area contributed by atoms with Gasteiger partial charge in [0.25, 0.3) is 31.9 Å². The van der Waals surface area contributed by atoms with E-state index in [1.807, 2.05) is 91.0 Å². The molecule has 0 bridgehead atoms. The summed E-state index contributed by atoms with van der Waals surface area (Å²) in [5.41, 5.74) is 2.61. The van der Waals surface area contributed by atoms with Crippen LogP contribution in [0.2, 0.25) is 0 Å². The van der Waals surface area contributed by atoms with Gasteiger partial charge >= 0.3 is 18.0 Å². The minimum atomic E-state index is -4.67. The van der Waals surface area contributed by atoms with Crippen molar-refractivity contribution < 1.29 is 93.9 Å². The van der Waals surface area contributed by atoms with Crippen molar-refractivity contribution in [1.82, 2.24) is 40.3 Å². The average Bonchev–Trinajstić information content (AvgIpc) is 1.58. The second-order valence-corrected chi connectivity index (χ2v) is 35.1. The Morgan fingerprint density at radius 2 is 0.960 bits per heavy atom. The largest absolute Gasteiger partial charge is 0.497 e. The van der Waals surface area contributed by atoms with E-state index in [1.165, 1.54) is 59.5 Å². The van der Waals surface area contributed by atoms with Gasteiger partial charge in [-0.3, -0.25) is 43.3 Å². The van der Waals surface area contributed by atoms with Gasteiger partial charge in [-0.2, -0.15) is 0 Å². The second-order valence-electron chi connectivity index (χ2n) is 31.8. The molecule has 8 aromatic carbocycles. The molecule has 2 aliphatic carbocycles. The molecule has 125 heavy (non-hydrogen) atoms. The molecule has 8 atom stereocenters. The zero-order valence-electron chi connectivity index (χ0n) is 69.0. The molecule has 30 nitrogen and oxygen atoms in total. The molecule has 4 fully saturated rings. The summed E-state index contributed by atoms with van der Waals surface area (Å²) in [6.07, 6.45) is 1.57. The van der Waals surface area contributed by atoms with Crippen molar-refractivity contribution in [1.29, 1.82) is 0 Å². The van der Waals surface area contributed by atoms with E-state index < -0.39 is 131 Å². The molecule has 4 aliphatic rings. The number of rotatable bonds is 32. The van der Waals surface area contributed by atoms with E-state index in [1.54, 1.807) is 108 Å². The summed E-state index contributed by atoms with van der Waals surface area (Å²) in [5, 5.41) is 33.5. The van der Waals surface area contributed by atoms with Gasteiger partial charge in [0.2, 0.25) is 23.6 Å². The lowest BCUT2D eigenvalue weighted by Crippen LogP contribution is -2.56. The van der Waals surface area contributed by atoms with Gasteiger partial charge in [0, 0.05) is 90.2 Å². The SMILES string of the molecule is C=C[C@@H]1C[C@]1(NC(=O)[C@@H]1C[C@@H](Oc2cc(-c3ccccc3)nc3cc(OC)ccc23)CN1)C(=O)NS(=O)(=O)c1ccccc1NC(=O)Cc1cccc(CCC(=O)O)c1.C=C[C@@H]1C[C@]1(NC(=O)[C@@H]1C[C@@H](Oc2cc(-c3ccccc3)nc3cc(OC)ccc23)CN1C(=O)OC(C)(C)C)C(=O)NS(=O)(=O)c1ccccc1NC(=O)Cc1cccc(CCC(=O)O)c1. The highest BCUT2D eigenvalue weighted by Crippen LogP contribution is 2.47. The number of nitrogens with one attached hydrogen (secondary N) is 7. The number of aliphatic carboxylic acids is 2. The number of ether oxygens (including phenoxy) is 5. The quantitative estimate of drug-likeness (QED) is 0.0177. The molecule has 4 heterocycles. The Balaban J connectivity index is 0.000000216. The zero-order chi connectivity index (χ0) is 89.1. The van der Waals surface area contributed by atoms with Crippen LogP contribution < -0.4 is 55.0 Å². The summed E-state index contributed by atoms with van der Waals surface area (Å²) in [6, 6.07) is 56.8. The Kier molecular flexibility index (Phi) is 26.9. The molecule has 2 saturated heterocycles. The number of carbonyl (C=O) groups is 9. The molecule has 10 aromatic rings. The van der Waals surface area contributed by atoms with Gasteiger partial charge in [0.05, 0.1) is 73.4 Å². The molecule has 14 rings (SSSR count). The third-order valence-electron chi connectivity index (χ3n) is 21.7. The van der Waals surface area contributed by atoms with Gasteiger partial charge in [-0.05, 0) is 117 Å². The molecule has 2 saturated carbocycles. The minimum Gasteiger partial charge on any atom is -0.497 e. The van der Waals surface area contributed by atoms with Gasteiger partial charge in [0.15, 0.2) is 0 Å². The summed E-state index contributed by atoms with van der Waals surface area (Å²) >= 11 is 0. The fourth-order valence-corrected chi connectivity index (χ4v) is 17.6. The van der Waals surface area contributed by atoms with Crippen LogP contribution in [0.15, 0.2) is 241 Å². The summed E-state index contributed by atoms with van der Waals surface area (Å²) in [6.45, 7) is 12.9. The molecule has 0 unspecified atom stereocenters. The first-order valence-corrected chi connectivity index (χ1v) is 43.3. The normalized spacial score (nSPS) is 19.3. The molecule has 7 amide bonds. The summed E-state index contributed by atoms with van der Waals surface area (Å²) in [4.78, 5) is 128. The fraction of sp³-hybridized carbons (Fsp3) is 0.280. The average molecular weight is 1740 g/mol. The molecule has 0 radical (unpaired) electrons. The number of methoxy groups -OCH3 is 2. The van der Waals surface area contributed by atoms with Crippen LogP contribution in [0.4, 0.5) is 16.2 Å². The third kappa shape index (κ3) is 21.6. The summed E-state index contributed by atoms with van der Waals surface area (Å²) in [7, 11) is -6.08. The minimum absolute atomic E-state index is 0.0137. The standard InChI is InChI=1S/C49H51N5O11S.C44H43N5O9S/c1-6-33-28-49(33,46(59)53-66(61,62)42-18-11-10-17-37(42)51-43(55)24-31-14-12-13-30(23-31)19-22-44(56)57)52-45(58)40-26-35(29-54(40)47(60)65-48(2,3)4)64-41-27-38(32-15-8-7-9-16-32)50-39-25-34(63-5)20-21-36(39)41;1-3-30-25-44(30,43(54)49-59(55,56)39-15-8-7-14-34(39)47-40(50)21-28-11-9-10-27(20-28)16-19-41(51)52)48-42(53)37-23-32(26-45-37)58-38-24-35(29-12-5-4-6-13-29)46-36-22-31(57-2)17-18-33(36)38/h6-18,20-21,23,25,27,33,35,40H,1,19,22,24,26,28-29H2,2-5H3,(H,51,55)(H,52,58)(H,53,59)(H,56,57);3-15,17-18,20,22,24,30,32,37,45H,1,16,19,21,23,25-26H2,2H3,(H,47,50)(H,48,53)(H,49,54)(H,51,52)/t33-,35-,40+,49-;30-,32-,37+,44-/m11/s1. The Labute approximate surface area is 721 Å². The third-order valence-corrected chi connectivity index (χ3v) is 24.5. The van der Waals surface area contributed by atoms with Crippen molar-refractivity contribution in [3.63, 3.8) is 0 Å². The van der Waals surface area contributed by atoms with Crippen LogP contribution in [0, 0.1) is 11.8 Å². The second kappa shape index (κ2) is 37.9. The number of likely N-dealkylation sites (tertiary alicyclic amines) is 1. The summed E-state index contributed by atoms with van der Waals surface area (Å²) < 4.78 is 89.4. The van der Waals surface area contributed by atoms with Crippen LogP contribution in [-0.2, 0) is 88.8 Å². The van der Waals surface area contributed by atoms with Crippen molar-refractivity contribution >= 4 is 107 Å². The van der Waals surface area contributed by atoms with Gasteiger partial charge < -0.3 is 60.5 Å². The maximum Gasteiger partial charge on any atom is 0.411 e. The van der Waals surface area contributed by atoms with Crippen LogP contribution in [0.3, 0.4) is 0 Å². The Morgan fingerprint density at radius 1 is 0.528 bits per heavy atom. The first-order chi connectivity index (χ1) is 59.7. The zero-order valence-corrected chi connectivity index (χ0v) is 70.7. The van der Waals surface area contributed by atoms with E-state index in [0.717, 1.165) is 27.6 Å². The predicted molar refractivity (Wildman–Crippen MR) is 465 cm³/mol. The number of pyridine rings is 2. The van der Waals surface area contributed by atoms with Crippen molar-refractivity contribution in [2.24, 2.45) is 11.8 Å². The van der Waals surface area contributed by atoms with Gasteiger partial charge in [-0.1, -0.05) is 146 Å². The van der Waals surface area contributed by atoms with Gasteiger partial charge in [-0.25, -0.2) is 41.0 Å². The fourth-order valence-electron chi connectivity index (χ4n) is 15.2. The number of carboxylic acids is 2. The van der Waals surface area contributed by atoms with Gasteiger partial charge in [-0.15, -0.1) is 13.2 Å². The first-order valence-electron chi connectivity index (χ1n) is 40.3. The maximum atomic E-state index is 14.4. The number of benzene rings is 8. The first kappa shape index (κ1) is 88.9. The van der Waals surface area contributed by atoms with E-state index in [9.17, 15) is 60.0 Å². The topological polar surface area (TPSA) is 422 Å². The lowest BCUT2D eigenvalue weighted by atomic mass is 10.0. The molecule has 2 aromatic heterocycles. The van der Waals surface area contributed by atoms with Crippen LogP contribution in [-0.4, -0.2) is 164 Å². The van der Waals surface area contributed by atoms with E-state index in [0.29, 0.717) is 74.9 Å². The lowest BCUT2D eigenvalue weighted by Gasteiger charge is -2.29. The lowest BCUT2D eigenvalue weighted by molar-refractivity contribution is -0.138. The molecule has 0 spiro atoms. The number of fused-ring (bicyclic) bond motifs is 2. The highest BCUT2D eigenvalue weighted by Gasteiger charge is 2.63. The number of aryl methyl sites for hydroxylation is 2. The van der Waals surface area contributed by atoms with E-state index in [-0.39, 0.29) is 80.6 Å². The molecule has 648 valence electrons. The van der Waals surface area contributed by atoms with Gasteiger partial charge in [0.1, 0.15) is 67.7 Å². The highest BCUT2D eigenvalue weighted by atomic mass is 32.2. The smallest absolute Gasteiger partial charge is 0.411 e. The Bertz CT molecular complexity index is 6090. The molecule has 9 N–H and O–H groups in total. The van der Waals surface area contributed by atoms with E-state index >= 15 is 0 Å². The number of sulfonamides is 2. The highest BCUT2D eigenvalue weighted by molar-refractivity contribution is 7.90. The van der Waals surface area contributed by atoms with E-state index in [2.05, 4.69) is 49.2 Å². The molecule has 2 aliphatic heterocycles. The van der Waals surface area contributed by atoms with Crippen molar-refractivity contribution in [2.45, 2.75) is 136 Å². The number of carboxylic acid groups (broad SMARTS) is 2. The molecular weight excluding hydrogens is 1640 g/mol. The number of amides is 7. The van der Waals surface area contributed by atoms with E-state index in [4.69, 9.17) is 43.9 Å². The monoisotopic (exact) mass is 1730 g/mol. The van der Waals surface area contributed by atoms with Crippen LogP contribution in [0.5, 0.6) is 23.0 Å². The van der Waals surface area contributed by atoms with Crippen LogP contribution in [0.1, 0.15) is 81.5 Å². The number of hydrogen-bond donors (Lipinski definition) is 9. The predicted octanol–water partition coefficient (Wildman–Crippen LogP) is 11.2. The van der Waals surface area contributed by atoms with Crippen molar-refractivity contribution in [3.05, 3.63) is 254 Å². The maximum absolute atomic E-state index is 14.4. The number of hydrogen-bond acceptors (Lipinski definition) is 21. The molecule has 32 heteroatoms. The van der Waals surface area contributed by atoms with Crippen LogP contribution in [0.25, 0.3) is 44.3 Å². The number of para-hydroxylation sites is 2. The van der Waals surface area contributed by atoms with Crippen molar-refractivity contribution in [2.75, 3.05) is 37.9 Å². The summed E-state index contributed by atoms with van der Waals surface area (Å²) in [5.74, 6) is -5.12. The number of carbonyl (C=O) groups excluding carboxylic acids is 7. The number of aromatic nitrogens is 2. The van der Waals surface area contributed by atoms with Crippen molar-refractivity contribution in [3.8, 4) is 45.5 Å². The number of nitrogens with zero attached hydrogens (tertiary/aromatic N) is 3. The Hall–Kier alpha value is -13.9.